The zero-order chi connectivity index (χ0) is 20.4. The zero-order valence-electron chi connectivity index (χ0n) is 16.2. The lowest BCUT2D eigenvalue weighted by Crippen LogP contribution is -2.46. The fourth-order valence-corrected chi connectivity index (χ4v) is 3.64. The normalized spacial score (nSPS) is 14.9. The number of halogens is 1. The number of piperazine rings is 1. The highest BCUT2D eigenvalue weighted by Gasteiger charge is 2.20. The van der Waals surface area contributed by atoms with E-state index in [0.29, 0.717) is 31.7 Å². The maximum absolute atomic E-state index is 14.2. The number of H-pyrrole nitrogens is 1. The number of nitriles is 1. The first-order valence-electron chi connectivity index (χ1n) is 9.61. The number of pyridine rings is 3. The molecule has 0 saturated carbocycles. The van der Waals surface area contributed by atoms with Crippen molar-refractivity contribution in [3.8, 4) is 6.07 Å². The molecule has 7 nitrogen and oxygen atoms in total. The maximum Gasteiger partial charge on any atom is 0.251 e. The SMILES string of the molecule is CCc1cc2ncc(CN3CCN(c4cnc(C#N)cc4F)CC3)cc2[nH]c1=O. The molecule has 0 amide bonds. The Hall–Kier alpha value is -3.31. The van der Waals surface area contributed by atoms with Crippen molar-refractivity contribution in [1.82, 2.24) is 19.9 Å². The van der Waals surface area contributed by atoms with Gasteiger partial charge in [-0.05, 0) is 24.1 Å². The Balaban J connectivity index is 1.43. The summed E-state index contributed by atoms with van der Waals surface area (Å²) in [5.74, 6) is -0.417. The van der Waals surface area contributed by atoms with Gasteiger partial charge in [0, 0.05) is 50.6 Å². The largest absolute Gasteiger partial charge is 0.365 e. The van der Waals surface area contributed by atoms with Crippen molar-refractivity contribution in [2.75, 3.05) is 31.1 Å². The molecule has 0 aliphatic carbocycles. The van der Waals surface area contributed by atoms with Gasteiger partial charge in [0.05, 0.1) is 22.9 Å². The monoisotopic (exact) mass is 392 g/mol. The molecule has 0 aromatic carbocycles. The van der Waals surface area contributed by atoms with Gasteiger partial charge in [0.25, 0.3) is 5.56 Å². The van der Waals surface area contributed by atoms with Crippen LogP contribution in [0.3, 0.4) is 0 Å². The molecule has 4 heterocycles. The smallest absolute Gasteiger partial charge is 0.251 e. The van der Waals surface area contributed by atoms with E-state index in [-0.39, 0.29) is 11.3 Å². The first-order chi connectivity index (χ1) is 14.1. The molecule has 1 aliphatic rings. The maximum atomic E-state index is 14.2. The van der Waals surface area contributed by atoms with Gasteiger partial charge in [0.15, 0.2) is 5.82 Å². The Morgan fingerprint density at radius 3 is 2.66 bits per heavy atom. The van der Waals surface area contributed by atoms with E-state index >= 15 is 0 Å². The Kier molecular flexibility index (Phi) is 5.23. The summed E-state index contributed by atoms with van der Waals surface area (Å²) >= 11 is 0. The van der Waals surface area contributed by atoms with E-state index in [9.17, 15) is 9.18 Å². The van der Waals surface area contributed by atoms with Crippen LogP contribution >= 0.6 is 0 Å². The van der Waals surface area contributed by atoms with Crippen molar-refractivity contribution >= 4 is 16.7 Å². The summed E-state index contributed by atoms with van der Waals surface area (Å²) in [7, 11) is 0. The van der Waals surface area contributed by atoms with Crippen molar-refractivity contribution < 1.29 is 4.39 Å². The molecule has 4 rings (SSSR count). The molecule has 0 bridgehead atoms. The minimum absolute atomic E-state index is 0.0642. The highest BCUT2D eigenvalue weighted by Crippen LogP contribution is 2.21. The van der Waals surface area contributed by atoms with Crippen LogP contribution in [0.2, 0.25) is 0 Å². The summed E-state index contributed by atoms with van der Waals surface area (Å²) in [6.07, 6.45) is 3.95. The second kappa shape index (κ2) is 7.97. The molecule has 8 heteroatoms. The number of fused-ring (bicyclic) bond motifs is 1. The predicted molar refractivity (Wildman–Crippen MR) is 108 cm³/mol. The highest BCUT2D eigenvalue weighted by atomic mass is 19.1. The van der Waals surface area contributed by atoms with Gasteiger partial charge >= 0.3 is 0 Å². The minimum Gasteiger partial charge on any atom is -0.365 e. The number of aromatic amines is 1. The van der Waals surface area contributed by atoms with E-state index < -0.39 is 5.82 Å². The van der Waals surface area contributed by atoms with E-state index in [1.54, 1.807) is 0 Å². The van der Waals surface area contributed by atoms with Crippen LogP contribution in [0, 0.1) is 17.1 Å². The van der Waals surface area contributed by atoms with E-state index in [4.69, 9.17) is 5.26 Å². The standard InChI is InChI=1S/C21H21FN6O/c1-2-15-8-18-19(26-21(15)29)7-14(11-25-18)13-27-3-5-28(6-4-27)20-12-24-16(10-23)9-17(20)22/h7-9,11-12H,2-6,13H2,1H3,(H,26,29). The zero-order valence-corrected chi connectivity index (χ0v) is 16.2. The number of rotatable bonds is 4. The molecule has 29 heavy (non-hydrogen) atoms. The lowest BCUT2D eigenvalue weighted by Gasteiger charge is -2.36. The summed E-state index contributed by atoms with van der Waals surface area (Å²) in [6, 6.07) is 6.84. The third-order valence-electron chi connectivity index (χ3n) is 5.27. The van der Waals surface area contributed by atoms with Crippen LogP contribution in [0.1, 0.15) is 23.7 Å². The quantitative estimate of drug-likeness (QED) is 0.732. The molecule has 0 unspecified atom stereocenters. The Morgan fingerprint density at radius 2 is 1.97 bits per heavy atom. The second-order valence-electron chi connectivity index (χ2n) is 7.15. The number of hydrogen-bond donors (Lipinski definition) is 1. The fourth-order valence-electron chi connectivity index (χ4n) is 3.64. The summed E-state index contributed by atoms with van der Waals surface area (Å²) in [4.78, 5) is 27.7. The first-order valence-corrected chi connectivity index (χ1v) is 9.61. The lowest BCUT2D eigenvalue weighted by atomic mass is 10.1. The van der Waals surface area contributed by atoms with Gasteiger partial charge in [-0.15, -0.1) is 0 Å². The highest BCUT2D eigenvalue weighted by molar-refractivity contribution is 5.74. The van der Waals surface area contributed by atoms with E-state index in [0.717, 1.165) is 35.2 Å². The van der Waals surface area contributed by atoms with Gasteiger partial charge in [-0.1, -0.05) is 6.92 Å². The molecule has 1 aliphatic heterocycles. The Morgan fingerprint density at radius 1 is 1.17 bits per heavy atom. The van der Waals surface area contributed by atoms with Crippen molar-refractivity contribution in [3.63, 3.8) is 0 Å². The van der Waals surface area contributed by atoms with Gasteiger partial charge < -0.3 is 9.88 Å². The van der Waals surface area contributed by atoms with Crippen LogP contribution in [-0.2, 0) is 13.0 Å². The third-order valence-corrected chi connectivity index (χ3v) is 5.27. The molecule has 3 aromatic rings. The van der Waals surface area contributed by atoms with Crippen LogP contribution in [0.15, 0.2) is 35.4 Å². The molecule has 0 radical (unpaired) electrons. The molecule has 148 valence electrons. The van der Waals surface area contributed by atoms with Crippen molar-refractivity contribution in [1.29, 1.82) is 5.26 Å². The average molecular weight is 392 g/mol. The number of nitrogens with zero attached hydrogens (tertiary/aromatic N) is 5. The number of hydrogen-bond acceptors (Lipinski definition) is 6. The lowest BCUT2D eigenvalue weighted by molar-refractivity contribution is 0.249. The van der Waals surface area contributed by atoms with Crippen LogP contribution in [0.5, 0.6) is 0 Å². The summed E-state index contributed by atoms with van der Waals surface area (Å²) < 4.78 is 14.2. The number of aromatic nitrogens is 3. The van der Waals surface area contributed by atoms with Crippen LogP contribution < -0.4 is 10.5 Å². The number of anilines is 1. The molecule has 1 fully saturated rings. The predicted octanol–water partition coefficient (Wildman–Crippen LogP) is 2.21. The minimum atomic E-state index is -0.417. The van der Waals surface area contributed by atoms with Gasteiger partial charge in [-0.3, -0.25) is 14.7 Å². The topological polar surface area (TPSA) is 88.9 Å². The molecule has 0 atom stereocenters. The first kappa shape index (κ1) is 19.0. The summed E-state index contributed by atoms with van der Waals surface area (Å²) in [5.41, 5.74) is 3.74. The molecule has 1 saturated heterocycles. The van der Waals surface area contributed by atoms with Crippen LogP contribution in [0.4, 0.5) is 10.1 Å². The average Bonchev–Trinajstić information content (AvgIpc) is 2.74. The van der Waals surface area contributed by atoms with E-state index in [1.807, 2.05) is 36.2 Å². The number of aryl methyl sites for hydroxylation is 1. The van der Waals surface area contributed by atoms with E-state index in [2.05, 4.69) is 19.9 Å². The molecular formula is C21H21FN6O. The summed E-state index contributed by atoms with van der Waals surface area (Å²) in [5, 5.41) is 8.82. The van der Waals surface area contributed by atoms with Gasteiger partial charge in [0.2, 0.25) is 0 Å². The molecular weight excluding hydrogens is 371 g/mol. The van der Waals surface area contributed by atoms with Crippen molar-refractivity contribution in [3.05, 3.63) is 63.6 Å². The second-order valence-corrected chi connectivity index (χ2v) is 7.15. The molecule has 1 N–H and O–H groups in total. The summed E-state index contributed by atoms with van der Waals surface area (Å²) in [6.45, 7) is 5.53. The van der Waals surface area contributed by atoms with Gasteiger partial charge in [-0.25, -0.2) is 9.37 Å². The van der Waals surface area contributed by atoms with Gasteiger partial charge in [-0.2, -0.15) is 5.26 Å². The fraction of sp³-hybridized carbons (Fsp3) is 0.333. The third kappa shape index (κ3) is 3.96. The van der Waals surface area contributed by atoms with Crippen LogP contribution in [-0.4, -0.2) is 46.0 Å². The van der Waals surface area contributed by atoms with Gasteiger partial charge in [0.1, 0.15) is 11.8 Å². The number of nitrogens with one attached hydrogen (secondary N) is 1. The van der Waals surface area contributed by atoms with Crippen molar-refractivity contribution in [2.45, 2.75) is 19.9 Å². The Bertz CT molecular complexity index is 1140. The van der Waals surface area contributed by atoms with E-state index in [1.165, 1.54) is 12.3 Å². The molecule has 3 aromatic heterocycles. The van der Waals surface area contributed by atoms with Crippen LogP contribution in [0.25, 0.3) is 11.0 Å². The molecule has 0 spiro atoms. The van der Waals surface area contributed by atoms with Crippen molar-refractivity contribution in [2.24, 2.45) is 0 Å². The Labute approximate surface area is 167 Å².